The average molecular weight is 466 g/mol. The number of aryl methyl sites for hydroxylation is 1. The molecule has 0 bridgehead atoms. The molecule has 1 aromatic heterocycles. The molecule has 0 saturated heterocycles. The zero-order valence-electron chi connectivity index (χ0n) is 14.3. The molecule has 9 heteroatoms. The number of anilines is 1. The fourth-order valence-electron chi connectivity index (χ4n) is 2.44. The fraction of sp³-hybridized carbons (Fsp3) is 0.111. The normalized spacial score (nSPS) is 11.4. The summed E-state index contributed by atoms with van der Waals surface area (Å²) in [6.07, 6.45) is 0.583. The van der Waals surface area contributed by atoms with E-state index in [-0.39, 0.29) is 10.8 Å². The number of thiazole rings is 1. The first-order valence-electron chi connectivity index (χ1n) is 7.88. The van der Waals surface area contributed by atoms with Gasteiger partial charge in [-0.2, -0.15) is 0 Å². The molecule has 0 aliphatic rings. The number of carbonyl (C=O) groups excluding carboxylic acids is 1. The lowest BCUT2D eigenvalue weighted by Gasteiger charge is -2.03. The number of nitrogens with one attached hydrogen (secondary N) is 1. The number of halogens is 1. The van der Waals surface area contributed by atoms with E-state index in [2.05, 4.69) is 26.2 Å². The Bertz CT molecular complexity index is 1090. The summed E-state index contributed by atoms with van der Waals surface area (Å²) < 4.78 is 23.4. The molecule has 0 unspecified atom stereocenters. The third-order valence-electron chi connectivity index (χ3n) is 3.85. The Morgan fingerprint density at radius 1 is 1.19 bits per heavy atom. The van der Waals surface area contributed by atoms with Gasteiger partial charge in [0.25, 0.3) is 5.91 Å². The molecule has 3 rings (SSSR count). The van der Waals surface area contributed by atoms with Crippen LogP contribution in [0.4, 0.5) is 5.13 Å². The molecule has 2 aromatic carbocycles. The number of sulfonamides is 1. The molecule has 1 amide bonds. The van der Waals surface area contributed by atoms with E-state index in [1.54, 1.807) is 30.3 Å². The summed E-state index contributed by atoms with van der Waals surface area (Å²) in [6, 6.07) is 13.6. The van der Waals surface area contributed by atoms with Crippen LogP contribution < -0.4 is 10.5 Å². The summed E-state index contributed by atoms with van der Waals surface area (Å²) >= 11 is 4.76. The minimum Gasteiger partial charge on any atom is -0.298 e. The number of carbonyl (C=O) groups is 1. The van der Waals surface area contributed by atoms with Gasteiger partial charge in [-0.1, -0.05) is 24.3 Å². The zero-order valence-corrected chi connectivity index (χ0v) is 17.5. The summed E-state index contributed by atoms with van der Waals surface area (Å²) in [5.74, 6) is -0.236. The van der Waals surface area contributed by atoms with E-state index in [9.17, 15) is 13.2 Å². The number of hydrogen-bond donors (Lipinski definition) is 2. The third kappa shape index (κ3) is 4.81. The average Bonchev–Trinajstić information content (AvgIpc) is 2.94. The molecule has 0 aliphatic carbocycles. The molecular weight excluding hydrogens is 450 g/mol. The van der Waals surface area contributed by atoms with Gasteiger partial charge in [0.05, 0.1) is 16.2 Å². The third-order valence-corrected chi connectivity index (χ3v) is 6.54. The van der Waals surface area contributed by atoms with Crippen LogP contribution in [0.2, 0.25) is 0 Å². The number of hydrogen-bond acceptors (Lipinski definition) is 5. The molecule has 1 heterocycles. The zero-order chi connectivity index (χ0) is 19.6. The molecule has 140 valence electrons. The number of rotatable bonds is 5. The van der Waals surface area contributed by atoms with Crippen LogP contribution in [0, 0.1) is 6.92 Å². The van der Waals surface area contributed by atoms with Crippen molar-refractivity contribution in [2.24, 2.45) is 5.14 Å². The van der Waals surface area contributed by atoms with Crippen molar-refractivity contribution in [3.05, 3.63) is 74.7 Å². The summed E-state index contributed by atoms with van der Waals surface area (Å²) in [6.45, 7) is 1.87. The van der Waals surface area contributed by atoms with E-state index in [4.69, 9.17) is 5.14 Å². The van der Waals surface area contributed by atoms with Crippen LogP contribution in [-0.2, 0) is 16.4 Å². The molecular formula is C18H16BrN3O3S2. The molecule has 0 spiro atoms. The van der Waals surface area contributed by atoms with Gasteiger partial charge in [0.15, 0.2) is 5.13 Å². The molecule has 0 aliphatic heterocycles. The summed E-state index contributed by atoms with van der Waals surface area (Å²) in [5, 5.41) is 8.45. The minimum atomic E-state index is -3.70. The van der Waals surface area contributed by atoms with Gasteiger partial charge in [-0.25, -0.2) is 18.5 Å². The lowest BCUT2D eigenvalue weighted by molar-refractivity contribution is 0.102. The Kier molecular flexibility index (Phi) is 5.75. The van der Waals surface area contributed by atoms with Gasteiger partial charge in [-0.15, -0.1) is 11.3 Å². The van der Waals surface area contributed by atoms with Crippen LogP contribution in [0.1, 0.15) is 26.5 Å². The number of nitrogens with zero attached hydrogens (tertiary/aromatic N) is 1. The first-order chi connectivity index (χ1) is 12.7. The van der Waals surface area contributed by atoms with Gasteiger partial charge in [-0.3, -0.25) is 10.1 Å². The molecule has 3 aromatic rings. The van der Waals surface area contributed by atoms with E-state index in [1.165, 1.54) is 23.5 Å². The van der Waals surface area contributed by atoms with Crippen LogP contribution in [0.25, 0.3) is 0 Å². The lowest BCUT2D eigenvalue weighted by Crippen LogP contribution is -2.12. The molecule has 3 N–H and O–H groups in total. The Labute approximate surface area is 169 Å². The van der Waals surface area contributed by atoms with Crippen LogP contribution in [-0.4, -0.2) is 19.3 Å². The van der Waals surface area contributed by atoms with Gasteiger partial charge in [0.1, 0.15) is 0 Å². The maximum absolute atomic E-state index is 12.4. The van der Waals surface area contributed by atoms with Crippen LogP contribution in [0.3, 0.4) is 0 Å². The Hall–Kier alpha value is -2.07. The van der Waals surface area contributed by atoms with E-state index in [0.717, 1.165) is 16.1 Å². The van der Waals surface area contributed by atoms with Crippen molar-refractivity contribution in [3.63, 3.8) is 0 Å². The highest BCUT2D eigenvalue weighted by Gasteiger charge is 2.14. The van der Waals surface area contributed by atoms with Crippen molar-refractivity contribution >= 4 is 48.3 Å². The molecule has 0 fully saturated rings. The second kappa shape index (κ2) is 7.89. The van der Waals surface area contributed by atoms with Gasteiger partial charge >= 0.3 is 0 Å². The highest BCUT2D eigenvalue weighted by atomic mass is 79.9. The highest BCUT2D eigenvalue weighted by Crippen LogP contribution is 2.27. The highest BCUT2D eigenvalue weighted by molar-refractivity contribution is 9.10. The van der Waals surface area contributed by atoms with Crippen molar-refractivity contribution in [2.75, 3.05) is 5.32 Å². The van der Waals surface area contributed by atoms with Crippen molar-refractivity contribution < 1.29 is 13.2 Å². The first-order valence-corrected chi connectivity index (χ1v) is 11.0. The maximum Gasteiger partial charge on any atom is 0.258 e. The molecule has 0 saturated carbocycles. The van der Waals surface area contributed by atoms with Crippen molar-refractivity contribution in [1.29, 1.82) is 0 Å². The van der Waals surface area contributed by atoms with E-state index < -0.39 is 10.0 Å². The summed E-state index contributed by atoms with van der Waals surface area (Å²) in [7, 11) is -3.70. The summed E-state index contributed by atoms with van der Waals surface area (Å²) in [5.41, 5.74) is 2.28. The second-order valence-corrected chi connectivity index (χ2v) is 9.33. The summed E-state index contributed by atoms with van der Waals surface area (Å²) in [4.78, 5) is 17.9. The number of primary sulfonamides is 1. The minimum absolute atomic E-state index is 0.0775. The van der Waals surface area contributed by atoms with Gasteiger partial charge in [0.2, 0.25) is 10.0 Å². The van der Waals surface area contributed by atoms with Crippen molar-refractivity contribution in [3.8, 4) is 0 Å². The number of aromatic nitrogens is 1. The maximum atomic E-state index is 12.4. The second-order valence-electron chi connectivity index (χ2n) is 5.83. The van der Waals surface area contributed by atoms with E-state index in [1.807, 2.05) is 13.0 Å². The van der Waals surface area contributed by atoms with Crippen molar-refractivity contribution in [2.45, 2.75) is 18.2 Å². The number of amides is 1. The lowest BCUT2D eigenvalue weighted by atomic mass is 10.1. The predicted octanol–water partition coefficient (Wildman–Crippen LogP) is 3.70. The topological polar surface area (TPSA) is 102 Å². The quantitative estimate of drug-likeness (QED) is 0.599. The number of benzene rings is 2. The smallest absolute Gasteiger partial charge is 0.258 e. The van der Waals surface area contributed by atoms with Crippen LogP contribution in [0.15, 0.2) is 57.9 Å². The van der Waals surface area contributed by atoms with E-state index in [0.29, 0.717) is 21.6 Å². The van der Waals surface area contributed by atoms with Gasteiger partial charge in [-0.05, 0) is 52.7 Å². The molecule has 6 nitrogen and oxygen atoms in total. The standard InChI is InChI=1S/C18H16BrN3O3S2/c1-11-16(10-12-6-8-13(9-7-12)27(20,24)25)26-18(21-11)22-17(23)14-4-2-3-5-15(14)19/h2-9H,10H2,1H3,(H2,20,24,25)(H,21,22,23). The van der Waals surface area contributed by atoms with Crippen molar-refractivity contribution in [1.82, 2.24) is 4.98 Å². The largest absolute Gasteiger partial charge is 0.298 e. The predicted molar refractivity (Wildman–Crippen MR) is 110 cm³/mol. The monoisotopic (exact) mass is 465 g/mol. The van der Waals surface area contributed by atoms with Gasteiger partial charge < -0.3 is 0 Å². The Morgan fingerprint density at radius 2 is 1.85 bits per heavy atom. The number of nitrogens with two attached hydrogens (primary N) is 1. The van der Waals surface area contributed by atoms with Crippen LogP contribution in [0.5, 0.6) is 0 Å². The van der Waals surface area contributed by atoms with Crippen LogP contribution >= 0.6 is 27.3 Å². The fourth-order valence-corrected chi connectivity index (χ4v) is 4.41. The molecule has 0 atom stereocenters. The Balaban J connectivity index is 1.75. The van der Waals surface area contributed by atoms with Gasteiger partial charge in [0, 0.05) is 15.8 Å². The first kappa shape index (κ1) is 19.7. The SMILES string of the molecule is Cc1nc(NC(=O)c2ccccc2Br)sc1Cc1ccc(S(N)(=O)=O)cc1. The Morgan fingerprint density at radius 3 is 2.48 bits per heavy atom. The molecule has 0 radical (unpaired) electrons. The van der Waals surface area contributed by atoms with E-state index >= 15 is 0 Å². The molecule has 27 heavy (non-hydrogen) atoms.